The van der Waals surface area contributed by atoms with Crippen molar-refractivity contribution in [1.29, 1.82) is 0 Å². The number of H-pyrrole nitrogens is 1. The largest absolute Gasteiger partial charge is 0.399 e. The van der Waals surface area contributed by atoms with Gasteiger partial charge in [-0.1, -0.05) is 0 Å². The highest BCUT2D eigenvalue weighted by Gasteiger charge is 2.58. The van der Waals surface area contributed by atoms with Crippen molar-refractivity contribution in [2.24, 2.45) is 17.6 Å². The van der Waals surface area contributed by atoms with Gasteiger partial charge >= 0.3 is 5.69 Å². The molecule has 0 amide bonds. The average molecular weight is 412 g/mol. The monoisotopic (exact) mass is 412 g/mol. The highest BCUT2D eigenvalue weighted by atomic mass is 19.3. The summed E-state index contributed by atoms with van der Waals surface area (Å²) in [5.41, 5.74) is 5.03. The van der Waals surface area contributed by atoms with Crippen molar-refractivity contribution in [2.75, 3.05) is 13.1 Å². The van der Waals surface area contributed by atoms with Gasteiger partial charge in [-0.05, 0) is 31.3 Å². The van der Waals surface area contributed by atoms with Crippen LogP contribution in [0.1, 0.15) is 32.2 Å². The lowest BCUT2D eigenvalue weighted by Crippen LogP contribution is -2.62. The minimum Gasteiger partial charge on any atom is -0.399 e. The van der Waals surface area contributed by atoms with Crippen molar-refractivity contribution in [1.82, 2.24) is 14.5 Å². The van der Waals surface area contributed by atoms with Gasteiger partial charge in [-0.25, -0.2) is 18.0 Å². The highest BCUT2D eigenvalue weighted by Crippen LogP contribution is 2.48. The Kier molecular flexibility index (Phi) is 3.90. The van der Waals surface area contributed by atoms with Crippen molar-refractivity contribution in [3.05, 3.63) is 31.4 Å². The van der Waals surface area contributed by atoms with E-state index in [1.807, 2.05) is 0 Å². The molecule has 4 aliphatic rings. The van der Waals surface area contributed by atoms with E-state index < -0.39 is 53.7 Å². The summed E-state index contributed by atoms with van der Waals surface area (Å²) < 4.78 is 44.5. The van der Waals surface area contributed by atoms with Crippen LogP contribution in [-0.2, 0) is 0 Å². The first-order valence-corrected chi connectivity index (χ1v) is 9.91. The fourth-order valence-electron chi connectivity index (χ4n) is 5.53. The van der Waals surface area contributed by atoms with Crippen LogP contribution in [0.2, 0.25) is 0 Å². The highest BCUT2D eigenvalue weighted by molar-refractivity contribution is 5.62. The van der Waals surface area contributed by atoms with Gasteiger partial charge in [0.2, 0.25) is 0 Å². The number of alkyl halides is 3. The maximum atomic E-state index is 15.4. The van der Waals surface area contributed by atoms with Gasteiger partial charge in [0.25, 0.3) is 11.5 Å². The number of likely N-dealkylation sites (tertiary alicyclic amines) is 1. The number of hydrogen-bond acceptors (Lipinski definition) is 5. The van der Waals surface area contributed by atoms with Crippen LogP contribution < -0.4 is 27.6 Å². The fourth-order valence-corrected chi connectivity index (χ4v) is 5.53. The lowest BCUT2D eigenvalue weighted by Gasteiger charge is -2.35. The molecule has 3 fully saturated rings. The van der Waals surface area contributed by atoms with Crippen LogP contribution in [0.5, 0.6) is 0 Å². The molecule has 0 spiro atoms. The van der Waals surface area contributed by atoms with Crippen molar-refractivity contribution in [2.45, 2.75) is 56.5 Å². The van der Waals surface area contributed by atoms with E-state index in [-0.39, 0.29) is 30.0 Å². The number of hydrogen-bond donors (Lipinski definition) is 3. The summed E-state index contributed by atoms with van der Waals surface area (Å²) in [5, 5.41) is 10.3. The molecule has 10 heteroatoms. The van der Waals surface area contributed by atoms with E-state index in [9.17, 15) is 23.5 Å². The molecule has 5 unspecified atom stereocenters. The van der Waals surface area contributed by atoms with Crippen LogP contribution in [0.4, 0.5) is 13.2 Å². The summed E-state index contributed by atoms with van der Waals surface area (Å²) in [6.07, 6.45) is -2.32. The summed E-state index contributed by atoms with van der Waals surface area (Å²) in [7, 11) is 0. The Morgan fingerprint density at radius 3 is 2.55 bits per heavy atom. The van der Waals surface area contributed by atoms with E-state index in [2.05, 4.69) is 4.98 Å². The zero-order valence-electron chi connectivity index (χ0n) is 15.9. The molecule has 158 valence electrons. The number of nitrogens with zero attached hydrogens (tertiary/aromatic N) is 2. The van der Waals surface area contributed by atoms with Crippen LogP contribution in [-0.4, -0.2) is 56.9 Å². The molecule has 0 radical (unpaired) electrons. The Balaban J connectivity index is 1.64. The maximum Gasteiger partial charge on any atom is 0.329 e. The molecular weight excluding hydrogens is 389 g/mol. The zero-order valence-corrected chi connectivity index (χ0v) is 15.9. The van der Waals surface area contributed by atoms with Crippen LogP contribution in [0.25, 0.3) is 11.3 Å². The third-order valence-electron chi connectivity index (χ3n) is 7.02. The SMILES string of the molecule is CC1=c2c(c(=O)[nH]c(=O)n2C2CC2)=C(N)C(F)C1N1CC2CC(F)(F)C(O)C2C1. The van der Waals surface area contributed by atoms with Gasteiger partial charge in [-0.2, -0.15) is 0 Å². The maximum absolute atomic E-state index is 15.4. The number of halogens is 3. The van der Waals surface area contributed by atoms with Crippen molar-refractivity contribution in [3.63, 3.8) is 0 Å². The van der Waals surface area contributed by atoms with Crippen molar-refractivity contribution < 1.29 is 18.3 Å². The summed E-state index contributed by atoms with van der Waals surface area (Å²) in [4.78, 5) is 28.8. The third-order valence-corrected chi connectivity index (χ3v) is 7.02. The van der Waals surface area contributed by atoms with Crippen LogP contribution in [0, 0.1) is 11.8 Å². The first-order chi connectivity index (χ1) is 13.6. The number of nitrogens with one attached hydrogen (secondary N) is 1. The molecule has 0 aromatic carbocycles. The van der Waals surface area contributed by atoms with Gasteiger partial charge in [0.1, 0.15) is 6.10 Å². The molecular formula is C19H23F3N4O3. The average Bonchev–Trinajstić information content (AvgIpc) is 3.35. The fraction of sp³-hybridized carbons (Fsp3) is 0.684. The molecule has 3 aliphatic carbocycles. The number of aromatic amines is 1. The third kappa shape index (κ3) is 2.58. The quantitative estimate of drug-likeness (QED) is 0.565. The molecule has 5 atom stereocenters. The second-order valence-corrected chi connectivity index (χ2v) is 8.86. The molecule has 7 nitrogen and oxygen atoms in total. The summed E-state index contributed by atoms with van der Waals surface area (Å²) in [6, 6.07) is -0.925. The Morgan fingerprint density at radius 2 is 1.93 bits per heavy atom. The normalized spacial score (nSPS) is 36.4. The number of fused-ring (bicyclic) bond motifs is 2. The Labute approximate surface area is 163 Å². The lowest BCUT2D eigenvalue weighted by molar-refractivity contribution is -0.101. The summed E-state index contributed by atoms with van der Waals surface area (Å²) in [5.74, 6) is -4.20. The lowest BCUT2D eigenvalue weighted by atomic mass is 9.93. The van der Waals surface area contributed by atoms with Crippen LogP contribution in [0.15, 0.2) is 9.59 Å². The smallest absolute Gasteiger partial charge is 0.329 e. The van der Waals surface area contributed by atoms with Gasteiger partial charge in [-0.15, -0.1) is 0 Å². The van der Waals surface area contributed by atoms with Gasteiger partial charge in [0.15, 0.2) is 6.17 Å². The Morgan fingerprint density at radius 1 is 1.24 bits per heavy atom. The molecule has 5 rings (SSSR count). The molecule has 1 aromatic rings. The van der Waals surface area contributed by atoms with Crippen LogP contribution in [0.3, 0.4) is 0 Å². The van der Waals surface area contributed by atoms with Gasteiger partial charge in [-0.3, -0.25) is 19.2 Å². The van der Waals surface area contributed by atoms with E-state index in [4.69, 9.17) is 5.73 Å². The van der Waals surface area contributed by atoms with E-state index in [0.29, 0.717) is 10.9 Å². The summed E-state index contributed by atoms with van der Waals surface area (Å²) >= 11 is 0. The number of aliphatic hydroxyl groups is 1. The Hall–Kier alpha value is -2.07. The predicted molar refractivity (Wildman–Crippen MR) is 98.3 cm³/mol. The van der Waals surface area contributed by atoms with E-state index in [1.165, 1.54) is 4.57 Å². The van der Waals surface area contributed by atoms with Gasteiger partial charge in [0, 0.05) is 31.5 Å². The minimum absolute atomic E-state index is 0.0105. The first kappa shape index (κ1) is 18.9. The first-order valence-electron chi connectivity index (χ1n) is 9.91. The molecule has 0 bridgehead atoms. The number of aliphatic hydroxyl groups excluding tert-OH is 1. The van der Waals surface area contributed by atoms with Gasteiger partial charge < -0.3 is 10.8 Å². The summed E-state index contributed by atoms with van der Waals surface area (Å²) in [6.45, 7) is 1.99. The zero-order chi connectivity index (χ0) is 20.8. The van der Waals surface area contributed by atoms with E-state index in [0.717, 1.165) is 12.8 Å². The predicted octanol–water partition coefficient (Wildman–Crippen LogP) is -1.22. The topological polar surface area (TPSA) is 104 Å². The molecule has 29 heavy (non-hydrogen) atoms. The Bertz CT molecular complexity index is 1120. The van der Waals surface area contributed by atoms with Crippen LogP contribution >= 0.6 is 0 Å². The molecule has 1 aromatic heterocycles. The number of aromatic nitrogens is 2. The second-order valence-electron chi connectivity index (χ2n) is 8.86. The van der Waals surface area contributed by atoms with Crippen molar-refractivity contribution in [3.8, 4) is 0 Å². The molecule has 1 aliphatic heterocycles. The number of rotatable bonds is 2. The number of nitrogens with two attached hydrogens (primary N) is 1. The van der Waals surface area contributed by atoms with Crippen molar-refractivity contribution >= 4 is 11.3 Å². The van der Waals surface area contributed by atoms with E-state index >= 15 is 4.39 Å². The molecule has 1 saturated heterocycles. The molecule has 2 saturated carbocycles. The molecule has 4 N–H and O–H groups in total. The minimum atomic E-state index is -3.13. The van der Waals surface area contributed by atoms with Gasteiger partial charge in [0.05, 0.1) is 22.3 Å². The van der Waals surface area contributed by atoms with E-state index in [1.54, 1.807) is 11.8 Å². The molecule has 2 heterocycles. The second kappa shape index (κ2) is 5.98. The standard InChI is InChI=1S/C19H23F3N4O3/c1-7-14-11(17(28)24-18(29)26(14)9-2-3-9)13(23)12(20)15(7)25-5-8-4-19(21,22)16(27)10(8)6-25/h8-10,12,15-16,27H,2-6,23H2,1H3,(H,24,28,29).